The van der Waals surface area contributed by atoms with E-state index in [1.54, 1.807) is 12.1 Å². The van der Waals surface area contributed by atoms with E-state index in [2.05, 4.69) is 0 Å². The first kappa shape index (κ1) is 21.3. The van der Waals surface area contributed by atoms with Gasteiger partial charge in [0.15, 0.2) is 0 Å². The molecule has 0 fully saturated rings. The molecule has 0 saturated carbocycles. The molecule has 7 heteroatoms. The number of carboxylic acid groups (broad SMARTS) is 1. The number of rotatable bonds is 11. The van der Waals surface area contributed by atoms with Crippen molar-refractivity contribution in [1.29, 1.82) is 0 Å². The van der Waals surface area contributed by atoms with Gasteiger partial charge in [0.25, 0.3) is 0 Å². The number of aromatic carboxylic acids is 1. The minimum absolute atomic E-state index is 0.214. The highest BCUT2D eigenvalue weighted by molar-refractivity contribution is 5.95. The van der Waals surface area contributed by atoms with Gasteiger partial charge in [0.05, 0.1) is 25.4 Å². The summed E-state index contributed by atoms with van der Waals surface area (Å²) < 4.78 is 22.4. The van der Waals surface area contributed by atoms with Crippen LogP contribution in [0.4, 0.5) is 0 Å². The smallest absolute Gasteiger partial charge is 0.372 e. The van der Waals surface area contributed by atoms with Crippen LogP contribution in [0.5, 0.6) is 17.2 Å². The Morgan fingerprint density at radius 2 is 1.46 bits per heavy atom. The molecule has 1 heterocycles. The van der Waals surface area contributed by atoms with Crippen LogP contribution in [0, 0.1) is 0 Å². The van der Waals surface area contributed by atoms with E-state index in [4.69, 9.17) is 18.6 Å². The van der Waals surface area contributed by atoms with Crippen molar-refractivity contribution in [2.75, 3.05) is 19.8 Å². The van der Waals surface area contributed by atoms with Gasteiger partial charge in [-0.05, 0) is 25.3 Å². The molecule has 0 aliphatic rings. The molecule has 0 bridgehead atoms. The highest BCUT2D eigenvalue weighted by Gasteiger charge is 2.24. The lowest BCUT2D eigenvalue weighted by molar-refractivity contribution is 0.0658. The Kier molecular flexibility index (Phi) is 7.92. The van der Waals surface area contributed by atoms with Crippen LogP contribution in [0.3, 0.4) is 0 Å². The van der Waals surface area contributed by atoms with E-state index in [0.29, 0.717) is 42.6 Å². The van der Waals surface area contributed by atoms with E-state index in [1.165, 1.54) is 12.1 Å². The van der Waals surface area contributed by atoms with Gasteiger partial charge in [0, 0.05) is 23.8 Å². The van der Waals surface area contributed by atoms with Gasteiger partial charge < -0.3 is 23.7 Å². The Morgan fingerprint density at radius 1 is 0.929 bits per heavy atom. The van der Waals surface area contributed by atoms with Crippen molar-refractivity contribution in [1.82, 2.24) is 0 Å². The zero-order valence-corrected chi connectivity index (χ0v) is 16.4. The topological polar surface area (TPSA) is 95.2 Å². The summed E-state index contributed by atoms with van der Waals surface area (Å²) in [5.41, 5.74) is -0.102. The number of hydrogen-bond acceptors (Lipinski definition) is 6. The maximum atomic E-state index is 11.7. The minimum atomic E-state index is -1.35. The van der Waals surface area contributed by atoms with Crippen LogP contribution in [0.25, 0.3) is 11.1 Å². The molecule has 0 aliphatic carbocycles. The third-order valence-electron chi connectivity index (χ3n) is 3.73. The van der Waals surface area contributed by atoms with Crippen LogP contribution in [0.1, 0.15) is 50.6 Å². The Balaban J connectivity index is 2.71. The van der Waals surface area contributed by atoms with E-state index in [-0.39, 0.29) is 5.56 Å². The molecule has 1 aromatic carbocycles. The predicted molar refractivity (Wildman–Crippen MR) is 105 cm³/mol. The summed E-state index contributed by atoms with van der Waals surface area (Å²) in [5.74, 6) is -0.410. The monoisotopic (exact) mass is 390 g/mol. The lowest BCUT2D eigenvalue weighted by atomic mass is 10.0. The lowest BCUT2D eigenvalue weighted by Crippen LogP contribution is -2.09. The van der Waals surface area contributed by atoms with Gasteiger partial charge in [-0.25, -0.2) is 9.59 Å². The molecule has 1 aromatic heterocycles. The quantitative estimate of drug-likeness (QED) is 0.608. The van der Waals surface area contributed by atoms with E-state index >= 15 is 0 Å². The lowest BCUT2D eigenvalue weighted by Gasteiger charge is -2.19. The standard InChI is InChI=1S/C21H26O7/c1-4-9-25-14-12-16(26-10-5-2)19(17(13-14)27-11-6-3)15-7-8-18(22)28-20(15)21(23)24/h7-8,12-13H,4-6,9-11H2,1-3H3,(H,23,24). The van der Waals surface area contributed by atoms with Crippen molar-refractivity contribution < 1.29 is 28.5 Å². The van der Waals surface area contributed by atoms with Gasteiger partial charge in [0.2, 0.25) is 5.76 Å². The SMILES string of the molecule is CCCOc1cc(OCCC)c(-c2ccc(=O)oc2C(=O)O)c(OCCC)c1. The Bertz CT molecular complexity index is 825. The van der Waals surface area contributed by atoms with Crippen LogP contribution in [-0.4, -0.2) is 30.9 Å². The predicted octanol–water partition coefficient (Wildman–Crippen LogP) is 4.37. The Morgan fingerprint density at radius 3 is 1.96 bits per heavy atom. The molecule has 0 atom stereocenters. The summed E-state index contributed by atoms with van der Waals surface area (Å²) in [6.07, 6.45) is 2.37. The highest BCUT2D eigenvalue weighted by atomic mass is 16.5. The van der Waals surface area contributed by atoms with Crippen LogP contribution in [-0.2, 0) is 0 Å². The Labute approximate surface area is 163 Å². The van der Waals surface area contributed by atoms with Crippen LogP contribution in [0.15, 0.2) is 33.5 Å². The molecule has 1 N–H and O–H groups in total. The molecule has 2 aromatic rings. The van der Waals surface area contributed by atoms with Crippen molar-refractivity contribution in [3.8, 4) is 28.4 Å². The first-order valence-corrected chi connectivity index (χ1v) is 9.46. The van der Waals surface area contributed by atoms with E-state index in [1.807, 2.05) is 20.8 Å². The average molecular weight is 390 g/mol. The second-order valence-electron chi connectivity index (χ2n) is 6.14. The summed E-state index contributed by atoms with van der Waals surface area (Å²) in [5, 5.41) is 9.52. The van der Waals surface area contributed by atoms with Crippen molar-refractivity contribution in [2.24, 2.45) is 0 Å². The Hall–Kier alpha value is -2.96. The number of ether oxygens (including phenoxy) is 3. The van der Waals surface area contributed by atoms with Crippen LogP contribution in [0.2, 0.25) is 0 Å². The van der Waals surface area contributed by atoms with Crippen molar-refractivity contribution in [3.05, 3.63) is 40.4 Å². The molecule has 0 amide bonds. The normalized spacial score (nSPS) is 10.5. The third-order valence-corrected chi connectivity index (χ3v) is 3.73. The highest BCUT2D eigenvalue weighted by Crippen LogP contribution is 2.43. The summed E-state index contributed by atoms with van der Waals surface area (Å²) in [4.78, 5) is 23.2. The number of benzene rings is 1. The third kappa shape index (κ3) is 5.28. The fourth-order valence-corrected chi connectivity index (χ4v) is 2.56. The van der Waals surface area contributed by atoms with Crippen LogP contribution >= 0.6 is 0 Å². The molecule has 0 saturated heterocycles. The van der Waals surface area contributed by atoms with Gasteiger partial charge in [-0.15, -0.1) is 0 Å². The maximum absolute atomic E-state index is 11.7. The van der Waals surface area contributed by atoms with Crippen molar-refractivity contribution in [2.45, 2.75) is 40.0 Å². The first-order valence-electron chi connectivity index (χ1n) is 9.46. The van der Waals surface area contributed by atoms with Gasteiger partial charge >= 0.3 is 11.6 Å². The van der Waals surface area contributed by atoms with Crippen molar-refractivity contribution in [3.63, 3.8) is 0 Å². The molecule has 7 nitrogen and oxygen atoms in total. The largest absolute Gasteiger partial charge is 0.493 e. The molecule has 0 aliphatic heterocycles. The van der Waals surface area contributed by atoms with E-state index < -0.39 is 17.4 Å². The zero-order valence-electron chi connectivity index (χ0n) is 16.4. The van der Waals surface area contributed by atoms with Gasteiger partial charge in [-0.2, -0.15) is 0 Å². The molecule has 2 rings (SSSR count). The maximum Gasteiger partial charge on any atom is 0.372 e. The molecule has 0 unspecified atom stereocenters. The molecule has 0 radical (unpaired) electrons. The summed E-state index contributed by atoms with van der Waals surface area (Å²) in [6.45, 7) is 7.32. The minimum Gasteiger partial charge on any atom is -0.493 e. The molecule has 152 valence electrons. The number of carboxylic acids is 1. The zero-order chi connectivity index (χ0) is 20.5. The summed E-state index contributed by atoms with van der Waals surface area (Å²) in [7, 11) is 0. The van der Waals surface area contributed by atoms with E-state index in [0.717, 1.165) is 19.3 Å². The van der Waals surface area contributed by atoms with Crippen molar-refractivity contribution >= 4 is 5.97 Å². The van der Waals surface area contributed by atoms with Gasteiger partial charge in [-0.3, -0.25) is 0 Å². The summed E-state index contributed by atoms with van der Waals surface area (Å²) >= 11 is 0. The second-order valence-corrected chi connectivity index (χ2v) is 6.14. The molecule has 28 heavy (non-hydrogen) atoms. The van der Waals surface area contributed by atoms with Gasteiger partial charge in [0.1, 0.15) is 17.2 Å². The summed E-state index contributed by atoms with van der Waals surface area (Å²) in [6, 6.07) is 6.00. The van der Waals surface area contributed by atoms with Gasteiger partial charge in [-0.1, -0.05) is 20.8 Å². The second kappa shape index (κ2) is 10.4. The van der Waals surface area contributed by atoms with Crippen LogP contribution < -0.4 is 19.8 Å². The average Bonchev–Trinajstić information content (AvgIpc) is 2.69. The fourth-order valence-electron chi connectivity index (χ4n) is 2.56. The fraction of sp³-hybridized carbons (Fsp3) is 0.429. The number of carbonyl (C=O) groups is 1. The molecule has 0 spiro atoms. The molecular formula is C21H26O7. The molecular weight excluding hydrogens is 364 g/mol. The number of hydrogen-bond donors (Lipinski definition) is 1. The van der Waals surface area contributed by atoms with E-state index in [9.17, 15) is 14.7 Å². The first-order chi connectivity index (χ1) is 13.5.